The summed E-state index contributed by atoms with van der Waals surface area (Å²) in [6.07, 6.45) is -1.48. The zero-order valence-corrected chi connectivity index (χ0v) is 40.1. The van der Waals surface area contributed by atoms with Gasteiger partial charge in [-0.25, -0.2) is 9.82 Å². The van der Waals surface area contributed by atoms with Gasteiger partial charge in [-0.2, -0.15) is 13.2 Å². The fraction of sp³-hybridized carbons (Fsp3) is 0.490. The number of nitrogens with zero attached hydrogens (tertiary/aromatic N) is 5. The van der Waals surface area contributed by atoms with Crippen molar-refractivity contribution < 1.29 is 51.0 Å². The molecule has 2 fully saturated rings. The Morgan fingerprint density at radius 1 is 1.07 bits per heavy atom. The minimum atomic E-state index is -4.64. The van der Waals surface area contributed by atoms with Gasteiger partial charge in [0.05, 0.1) is 30.0 Å². The summed E-state index contributed by atoms with van der Waals surface area (Å²) in [4.78, 5) is 76.7. The number of halogens is 4. The molecule has 370 valence electrons. The van der Waals surface area contributed by atoms with Crippen molar-refractivity contribution in [1.82, 2.24) is 35.1 Å². The van der Waals surface area contributed by atoms with Crippen LogP contribution in [0, 0.1) is 23.1 Å². The number of carbonyl (C=O) groups is 5. The highest BCUT2D eigenvalue weighted by Crippen LogP contribution is 2.43. The average Bonchev–Trinajstić information content (AvgIpc) is 3.91. The van der Waals surface area contributed by atoms with E-state index in [1.54, 1.807) is 63.4 Å². The maximum Gasteiger partial charge on any atom is 0.406 e. The Bertz CT molecular complexity index is 2630. The molecule has 18 heteroatoms. The Morgan fingerprint density at radius 2 is 1.83 bits per heavy atom. The highest BCUT2D eigenvalue weighted by Gasteiger charge is 2.41. The van der Waals surface area contributed by atoms with Crippen molar-refractivity contribution in [2.75, 3.05) is 40.4 Å². The van der Waals surface area contributed by atoms with Crippen molar-refractivity contribution in [3.8, 4) is 22.4 Å². The molecule has 2 aromatic heterocycles. The predicted octanol–water partition coefficient (Wildman–Crippen LogP) is 6.95. The summed E-state index contributed by atoms with van der Waals surface area (Å²) in [5.74, 6) is -4.20. The van der Waals surface area contributed by atoms with Crippen LogP contribution in [0.4, 0.5) is 17.6 Å². The van der Waals surface area contributed by atoms with Gasteiger partial charge in [0.25, 0.3) is 5.91 Å². The van der Waals surface area contributed by atoms with Crippen molar-refractivity contribution in [3.05, 3.63) is 90.0 Å². The molecule has 3 aliphatic rings. The molecule has 2 aromatic carbocycles. The summed E-state index contributed by atoms with van der Waals surface area (Å²) < 4.78 is 72.9. The number of likely N-dealkylation sites (N-methyl/N-ethyl adjacent to an activating group) is 1. The highest BCUT2D eigenvalue weighted by atomic mass is 19.4. The molecule has 0 spiro atoms. The highest BCUT2D eigenvalue weighted by molar-refractivity contribution is 5.96. The van der Waals surface area contributed by atoms with Gasteiger partial charge in [-0.1, -0.05) is 46.4 Å². The van der Waals surface area contributed by atoms with Crippen molar-refractivity contribution >= 4 is 40.5 Å². The molecule has 5 heterocycles. The number of rotatable bonds is 10. The number of hydrazine groups is 1. The van der Waals surface area contributed by atoms with Gasteiger partial charge in [-0.05, 0) is 103 Å². The summed E-state index contributed by atoms with van der Waals surface area (Å²) in [6, 6.07) is 9.14. The summed E-state index contributed by atoms with van der Waals surface area (Å²) in [6.45, 7) is 11.7. The van der Waals surface area contributed by atoms with E-state index in [9.17, 15) is 37.1 Å². The Kier molecular flexibility index (Phi) is 15.0. The van der Waals surface area contributed by atoms with Gasteiger partial charge in [0.1, 0.15) is 30.5 Å². The van der Waals surface area contributed by atoms with Crippen molar-refractivity contribution in [2.45, 2.75) is 104 Å². The van der Waals surface area contributed by atoms with Crippen molar-refractivity contribution in [1.29, 1.82) is 0 Å². The van der Waals surface area contributed by atoms with Crippen LogP contribution in [0.15, 0.2) is 67.4 Å². The number of nitrogens with one attached hydrogen (secondary N) is 2. The van der Waals surface area contributed by atoms with Crippen LogP contribution in [0.3, 0.4) is 0 Å². The molecule has 1 unspecified atom stereocenters. The van der Waals surface area contributed by atoms with Gasteiger partial charge >= 0.3 is 12.1 Å². The second-order valence-electron chi connectivity index (χ2n) is 19.6. The maximum absolute atomic E-state index is 16.0. The molecule has 0 saturated carbocycles. The van der Waals surface area contributed by atoms with E-state index in [1.807, 2.05) is 13.8 Å². The lowest BCUT2D eigenvalue weighted by Crippen LogP contribution is -2.62. The third-order valence-corrected chi connectivity index (χ3v) is 13.4. The monoisotopic (exact) mass is 959 g/mol. The molecule has 2 saturated heterocycles. The largest absolute Gasteiger partial charge is 0.464 e. The molecule has 0 aliphatic carbocycles. The first-order valence-corrected chi connectivity index (χ1v) is 23.3. The minimum Gasteiger partial charge on any atom is -0.464 e. The number of amides is 4. The molecule has 7 rings (SSSR count). The Labute approximate surface area is 399 Å². The molecule has 4 aromatic rings. The lowest BCUT2D eigenvalue weighted by molar-refractivity contribution is -0.155. The predicted molar refractivity (Wildman–Crippen MR) is 250 cm³/mol. The van der Waals surface area contributed by atoms with Crippen LogP contribution in [0.2, 0.25) is 0 Å². The first-order chi connectivity index (χ1) is 32.6. The average molecular weight is 960 g/mol. The van der Waals surface area contributed by atoms with Gasteiger partial charge in [-0.15, -0.1) is 0 Å². The second-order valence-corrected chi connectivity index (χ2v) is 19.6. The maximum atomic E-state index is 16.0. The van der Waals surface area contributed by atoms with E-state index >= 15 is 4.39 Å². The number of esters is 1. The van der Waals surface area contributed by atoms with Crippen LogP contribution in [-0.2, 0) is 52.8 Å². The summed E-state index contributed by atoms with van der Waals surface area (Å²) in [7, 11) is 3.00. The van der Waals surface area contributed by atoms with E-state index in [0.717, 1.165) is 0 Å². The molecule has 3 aliphatic heterocycles. The van der Waals surface area contributed by atoms with Crippen molar-refractivity contribution in [2.24, 2.45) is 17.3 Å². The third-order valence-electron chi connectivity index (χ3n) is 13.4. The van der Waals surface area contributed by atoms with Crippen LogP contribution < -0.4 is 10.7 Å². The molecule has 14 nitrogen and oxygen atoms in total. The molecule has 5 atom stereocenters. The van der Waals surface area contributed by atoms with Gasteiger partial charge in [-0.3, -0.25) is 34.0 Å². The van der Waals surface area contributed by atoms with Crippen LogP contribution in [-0.4, -0.2) is 119 Å². The quantitative estimate of drug-likeness (QED) is 0.0977. The van der Waals surface area contributed by atoms with Crippen LogP contribution in [0.1, 0.15) is 76.8 Å². The smallest absolute Gasteiger partial charge is 0.406 e. The third kappa shape index (κ3) is 11.2. The summed E-state index contributed by atoms with van der Waals surface area (Å²) in [5, 5.41) is 4.60. The molecular formula is C51H61F4N7O7. The van der Waals surface area contributed by atoms with Gasteiger partial charge < -0.3 is 29.2 Å². The number of aromatic nitrogens is 2. The number of likely N-dealkylation sites (tertiary alicyclic amines) is 1. The first kappa shape index (κ1) is 50.7. The molecule has 6 bridgehead atoms. The van der Waals surface area contributed by atoms with Gasteiger partial charge in [0.15, 0.2) is 0 Å². The molecule has 69 heavy (non-hydrogen) atoms. The number of alkyl halides is 3. The fourth-order valence-electron chi connectivity index (χ4n) is 9.96. The lowest BCUT2D eigenvalue weighted by atomic mass is 9.84. The van der Waals surface area contributed by atoms with Crippen molar-refractivity contribution in [3.63, 3.8) is 0 Å². The molecule has 4 amide bonds. The van der Waals surface area contributed by atoms with Crippen LogP contribution in [0.5, 0.6) is 0 Å². The lowest BCUT2D eigenvalue weighted by Gasteiger charge is -2.37. The fourth-order valence-corrected chi connectivity index (χ4v) is 9.96. The second kappa shape index (κ2) is 20.4. The number of benzene rings is 2. The minimum absolute atomic E-state index is 0.140. The van der Waals surface area contributed by atoms with E-state index in [0.29, 0.717) is 64.7 Å². The zero-order chi connectivity index (χ0) is 50.1. The number of ether oxygens (including phenoxy) is 2. The van der Waals surface area contributed by atoms with Crippen LogP contribution >= 0.6 is 0 Å². The SMILES string of the molecule is C=CC(=O)N1CC[C@H](C(=O)N(C)C(C(=O)N[C@H]2Cc3cc(F)cc(c3)-c3ccc4c(c3)c(c(-c3cccnc3[C@H](C)OC)n4CC(F)(F)F)CC(C)(C)COC(=O)[C@@H]3CCCN(N3)C2=O)C(C)C)C1. The topological polar surface area (TPSA) is 155 Å². The number of fused-ring (bicyclic) bond motifs is 6. The number of cyclic esters (lactones) is 1. The van der Waals surface area contributed by atoms with Crippen LogP contribution in [0.25, 0.3) is 33.3 Å². The number of carbonyl (C=O) groups excluding carboxylic acids is 5. The first-order valence-electron chi connectivity index (χ1n) is 23.3. The Balaban J connectivity index is 1.34. The number of methoxy groups -OCH3 is 1. The molecule has 0 radical (unpaired) electrons. The summed E-state index contributed by atoms with van der Waals surface area (Å²) >= 11 is 0. The van der Waals surface area contributed by atoms with E-state index in [1.165, 1.54) is 51.7 Å². The van der Waals surface area contributed by atoms with E-state index in [-0.39, 0.29) is 55.6 Å². The Morgan fingerprint density at radius 3 is 2.52 bits per heavy atom. The molecular weight excluding hydrogens is 899 g/mol. The number of hydrogen-bond donors (Lipinski definition) is 2. The molecule has 2 N–H and O–H groups in total. The van der Waals surface area contributed by atoms with Gasteiger partial charge in [0, 0.05) is 68.3 Å². The van der Waals surface area contributed by atoms with E-state index in [2.05, 4.69) is 22.3 Å². The van der Waals surface area contributed by atoms with E-state index in [4.69, 9.17) is 9.47 Å². The number of hydrogen-bond acceptors (Lipinski definition) is 9. The zero-order valence-electron chi connectivity index (χ0n) is 40.1. The van der Waals surface area contributed by atoms with E-state index < -0.39 is 77.8 Å². The standard InChI is InChI=1S/C51H61F4N7O7/c1-9-42(63)60-19-16-33(26-60)47(65)59(7)44(29(2)3)46(64)57-40-22-31-20-34(23-35(52)21-31)32-14-15-41-37(24-32)38(25-50(5,6)28-69-49(67)39-13-11-18-62(58-39)48(40)66)45(61(41)27-51(53,54)55)36-12-10-17-56-43(36)30(4)68-8/h9-10,12,14-15,17,20-21,23-24,29-30,33,39-40,44,58H,1,11,13,16,18-19,22,25-28H2,2-8H3,(H,57,64)/t30-,33-,39-,40-,44?/m0/s1. The Hall–Kier alpha value is -6.14. The number of pyridine rings is 1. The van der Waals surface area contributed by atoms with Gasteiger partial charge in [0.2, 0.25) is 17.7 Å². The normalized spacial score (nSPS) is 20.8. The summed E-state index contributed by atoms with van der Waals surface area (Å²) in [5.41, 5.74) is 5.19.